The molecule has 1 aromatic carbocycles. The van der Waals surface area contributed by atoms with Crippen LogP contribution in [0.5, 0.6) is 5.75 Å². The fourth-order valence-corrected chi connectivity index (χ4v) is 7.42. The Morgan fingerprint density at radius 3 is 2.41 bits per heavy atom. The first-order valence-electron chi connectivity index (χ1n) is 20.8. The first kappa shape index (κ1) is 42.6. The average Bonchev–Trinajstić information content (AvgIpc) is 4.04. The Kier molecular flexibility index (Phi) is 13.1. The molecule has 0 radical (unpaired) electrons. The molecule has 1 atom stereocenters. The summed E-state index contributed by atoms with van der Waals surface area (Å²) in [6.07, 6.45) is 8.12. The van der Waals surface area contributed by atoms with Crippen molar-refractivity contribution in [1.82, 2.24) is 41.1 Å². The minimum Gasteiger partial charge on any atom is -0.483 e. The van der Waals surface area contributed by atoms with E-state index in [-0.39, 0.29) is 86.5 Å². The van der Waals surface area contributed by atoms with Gasteiger partial charge in [0.15, 0.2) is 6.61 Å². The Labute approximate surface area is 360 Å². The Bertz CT molecular complexity index is 2440. The molecular formula is C43H46N10O10. The molecule has 2 aliphatic heterocycles. The number of carbonyl (C=O) groups excluding carboxylic acids is 7. The van der Waals surface area contributed by atoms with Crippen molar-refractivity contribution in [3.63, 3.8) is 0 Å². The summed E-state index contributed by atoms with van der Waals surface area (Å²) >= 11 is 0. The highest BCUT2D eigenvalue weighted by Crippen LogP contribution is 2.34. The lowest BCUT2D eigenvalue weighted by molar-refractivity contribution is -0.136. The SMILES string of the molecule is O=C(COc1cccc2c1C(=O)N(C1CCC(=O)NC1=O)C2=O)NCCOCCOCCNC(=O)[C@H]1C[C@H](NC(=O)c2cnc(Nc3ccc4cnccc4n3)cc2NC2CC2)C1. The predicted molar refractivity (Wildman–Crippen MR) is 224 cm³/mol. The first-order valence-corrected chi connectivity index (χ1v) is 20.8. The topological polar surface area (TPSA) is 261 Å². The number of hydrogen-bond donors (Lipinski definition) is 6. The molecule has 2 saturated carbocycles. The highest BCUT2D eigenvalue weighted by molar-refractivity contribution is 6.24. The molecule has 3 aromatic heterocycles. The van der Waals surface area contributed by atoms with Crippen molar-refractivity contribution in [2.24, 2.45) is 5.92 Å². The summed E-state index contributed by atoms with van der Waals surface area (Å²) in [6.45, 7) is 1.06. The van der Waals surface area contributed by atoms with Gasteiger partial charge in [-0.1, -0.05) is 6.07 Å². The number of imide groups is 2. The predicted octanol–water partition coefficient (Wildman–Crippen LogP) is 1.60. The van der Waals surface area contributed by atoms with Crippen LogP contribution in [0.25, 0.3) is 10.9 Å². The van der Waals surface area contributed by atoms with E-state index < -0.39 is 42.2 Å². The van der Waals surface area contributed by atoms with Crippen LogP contribution in [0.4, 0.5) is 17.3 Å². The molecule has 1 saturated heterocycles. The van der Waals surface area contributed by atoms with Crippen molar-refractivity contribution in [2.75, 3.05) is 56.8 Å². The molecule has 4 aromatic rings. The second-order valence-corrected chi connectivity index (χ2v) is 15.5. The average molecular weight is 863 g/mol. The highest BCUT2D eigenvalue weighted by atomic mass is 16.5. The molecule has 2 aliphatic carbocycles. The molecular weight excluding hydrogens is 817 g/mol. The zero-order valence-corrected chi connectivity index (χ0v) is 34.1. The Balaban J connectivity index is 0.670. The van der Waals surface area contributed by atoms with E-state index in [2.05, 4.69) is 46.9 Å². The standard InChI is InChI=1S/C43H46N10O10/c54-36-9-7-32(41(58)52-36)53-42(59)28-2-1-3-33(38(28)43(53)60)63-23-37(55)45-12-14-61-16-17-62-15-13-46-39(56)25-18-27(19-25)49-40(57)29-22-47-35(20-31(29)48-26-5-6-26)51-34-8-4-24-21-44-11-10-30(24)50-34/h1-4,8,10-11,20-22,25-27,32H,5-7,9,12-19,23H2,(H,45,55)(H,46,56)(H,49,57)(H,52,54,58)(H2,47,48,50,51)/t25-,27-,32?. The molecule has 1 unspecified atom stereocenters. The Morgan fingerprint density at radius 2 is 1.63 bits per heavy atom. The number of carbonyl (C=O) groups is 7. The molecule has 3 fully saturated rings. The van der Waals surface area contributed by atoms with Crippen LogP contribution in [0.15, 0.2) is 61.1 Å². The van der Waals surface area contributed by atoms with E-state index in [1.165, 1.54) is 18.2 Å². The van der Waals surface area contributed by atoms with Crippen LogP contribution < -0.4 is 36.6 Å². The minimum absolute atomic E-state index is 0.00185. The van der Waals surface area contributed by atoms with Gasteiger partial charge in [-0.2, -0.15) is 0 Å². The number of ether oxygens (including phenoxy) is 3. The monoisotopic (exact) mass is 862 g/mol. The lowest BCUT2D eigenvalue weighted by Gasteiger charge is -2.34. The lowest BCUT2D eigenvalue weighted by Crippen LogP contribution is -2.54. The van der Waals surface area contributed by atoms with Crippen molar-refractivity contribution in [3.05, 3.63) is 77.7 Å². The number of piperidine rings is 1. The van der Waals surface area contributed by atoms with E-state index in [1.54, 1.807) is 18.6 Å². The maximum Gasteiger partial charge on any atom is 0.266 e. The van der Waals surface area contributed by atoms with Crippen LogP contribution in [-0.4, -0.2) is 125 Å². The molecule has 0 bridgehead atoms. The summed E-state index contributed by atoms with van der Waals surface area (Å²) in [6, 6.07) is 10.9. The van der Waals surface area contributed by atoms with Crippen LogP contribution in [0.3, 0.4) is 0 Å². The summed E-state index contributed by atoms with van der Waals surface area (Å²) in [4.78, 5) is 103. The Morgan fingerprint density at radius 1 is 0.841 bits per heavy atom. The number of amides is 7. The highest BCUT2D eigenvalue weighted by Gasteiger charge is 2.46. The first-order chi connectivity index (χ1) is 30.6. The summed E-state index contributed by atoms with van der Waals surface area (Å²) in [5, 5.41) is 18.3. The van der Waals surface area contributed by atoms with E-state index in [4.69, 9.17) is 14.2 Å². The van der Waals surface area contributed by atoms with Crippen molar-refractivity contribution in [1.29, 1.82) is 0 Å². The molecule has 4 aliphatic rings. The number of rotatable bonds is 20. The van der Waals surface area contributed by atoms with Gasteiger partial charge in [0.1, 0.15) is 23.4 Å². The van der Waals surface area contributed by atoms with Crippen LogP contribution in [0, 0.1) is 5.92 Å². The van der Waals surface area contributed by atoms with Gasteiger partial charge in [-0.15, -0.1) is 0 Å². The van der Waals surface area contributed by atoms with E-state index in [1.807, 2.05) is 24.3 Å². The van der Waals surface area contributed by atoms with Crippen molar-refractivity contribution < 1.29 is 47.8 Å². The smallest absolute Gasteiger partial charge is 0.266 e. The van der Waals surface area contributed by atoms with Crippen molar-refractivity contribution >= 4 is 69.6 Å². The molecule has 7 amide bonds. The fourth-order valence-electron chi connectivity index (χ4n) is 7.42. The van der Waals surface area contributed by atoms with Gasteiger partial charge in [-0.05, 0) is 62.4 Å². The fraction of sp³-hybridized carbons (Fsp3) is 0.395. The van der Waals surface area contributed by atoms with Crippen LogP contribution >= 0.6 is 0 Å². The summed E-state index contributed by atoms with van der Waals surface area (Å²) < 4.78 is 16.6. The number of anilines is 3. The van der Waals surface area contributed by atoms with E-state index >= 15 is 0 Å². The van der Waals surface area contributed by atoms with Gasteiger partial charge >= 0.3 is 0 Å². The summed E-state index contributed by atoms with van der Waals surface area (Å²) in [5.41, 5.74) is 1.92. The van der Waals surface area contributed by atoms with Crippen molar-refractivity contribution in [3.8, 4) is 5.75 Å². The number of nitrogens with zero attached hydrogens (tertiary/aromatic N) is 4. The summed E-state index contributed by atoms with van der Waals surface area (Å²) in [7, 11) is 0. The molecule has 63 heavy (non-hydrogen) atoms. The van der Waals surface area contributed by atoms with E-state index in [9.17, 15) is 33.6 Å². The van der Waals surface area contributed by atoms with Gasteiger partial charge in [0.05, 0.1) is 54.3 Å². The van der Waals surface area contributed by atoms with Gasteiger partial charge in [-0.3, -0.25) is 48.8 Å². The lowest BCUT2D eigenvalue weighted by atomic mass is 9.79. The second kappa shape index (κ2) is 19.3. The van der Waals surface area contributed by atoms with Crippen LogP contribution in [0.2, 0.25) is 0 Å². The molecule has 20 heteroatoms. The van der Waals surface area contributed by atoms with E-state index in [0.717, 1.165) is 28.6 Å². The molecule has 0 spiro atoms. The number of aromatic nitrogens is 3. The van der Waals surface area contributed by atoms with Crippen LogP contribution in [-0.2, 0) is 28.7 Å². The van der Waals surface area contributed by atoms with Gasteiger partial charge in [0.25, 0.3) is 23.6 Å². The molecule has 20 nitrogen and oxygen atoms in total. The van der Waals surface area contributed by atoms with Gasteiger partial charge < -0.3 is 40.8 Å². The third kappa shape index (κ3) is 10.4. The van der Waals surface area contributed by atoms with Gasteiger partial charge in [0.2, 0.25) is 17.7 Å². The maximum absolute atomic E-state index is 13.3. The minimum atomic E-state index is -1.12. The number of benzene rings is 1. The maximum atomic E-state index is 13.3. The summed E-state index contributed by atoms with van der Waals surface area (Å²) in [5.74, 6) is -2.45. The molecule has 6 N–H and O–H groups in total. The normalized spacial score (nSPS) is 19.2. The van der Waals surface area contributed by atoms with Crippen LogP contribution in [0.1, 0.15) is 69.6 Å². The third-order valence-electron chi connectivity index (χ3n) is 11.0. The zero-order valence-electron chi connectivity index (χ0n) is 34.1. The largest absolute Gasteiger partial charge is 0.483 e. The second-order valence-electron chi connectivity index (χ2n) is 15.5. The van der Waals surface area contributed by atoms with Gasteiger partial charge in [0, 0.05) is 67.6 Å². The zero-order chi connectivity index (χ0) is 43.9. The third-order valence-corrected chi connectivity index (χ3v) is 11.0. The van der Waals surface area contributed by atoms with Crippen molar-refractivity contribution in [2.45, 2.75) is 56.7 Å². The Hall–Kier alpha value is -7.06. The molecule has 328 valence electrons. The number of hydrogen-bond acceptors (Lipinski definition) is 15. The number of nitrogens with one attached hydrogen (secondary N) is 6. The number of pyridine rings is 3. The van der Waals surface area contributed by atoms with E-state index in [0.29, 0.717) is 48.3 Å². The molecule has 8 rings (SSSR count). The molecule has 5 heterocycles. The quantitative estimate of drug-likeness (QED) is 0.0545. The number of fused-ring (bicyclic) bond motifs is 2. The van der Waals surface area contributed by atoms with Gasteiger partial charge in [-0.25, -0.2) is 9.97 Å².